The molecule has 0 aromatic carbocycles. The van der Waals surface area contributed by atoms with Gasteiger partial charge in [0.1, 0.15) is 0 Å². The Hall–Kier alpha value is -0.170. The predicted molar refractivity (Wildman–Crippen MR) is 73.9 cm³/mol. The number of terminal acetylenes is 1. The second kappa shape index (κ2) is 8.92. The lowest BCUT2D eigenvalue weighted by molar-refractivity contribution is 0.297. The minimum Gasteiger partial charge on any atom is -0.313 e. The van der Waals surface area contributed by atoms with Gasteiger partial charge in [-0.25, -0.2) is 0 Å². The molecule has 3 heteroatoms. The van der Waals surface area contributed by atoms with Crippen LogP contribution in [0.3, 0.4) is 0 Å². The number of rotatable bonds is 6. The molecule has 92 valence electrons. The highest BCUT2D eigenvalue weighted by Gasteiger charge is 2.14. The van der Waals surface area contributed by atoms with E-state index >= 15 is 0 Å². The van der Waals surface area contributed by atoms with Crippen LogP contribution in [0.2, 0.25) is 0 Å². The van der Waals surface area contributed by atoms with Crippen LogP contribution in [0.25, 0.3) is 0 Å². The molecular formula is C13H24N2S. The van der Waals surface area contributed by atoms with E-state index < -0.39 is 0 Å². The Labute approximate surface area is 105 Å². The van der Waals surface area contributed by atoms with Gasteiger partial charge in [0, 0.05) is 18.3 Å². The highest BCUT2D eigenvalue weighted by atomic mass is 32.2. The van der Waals surface area contributed by atoms with Crippen molar-refractivity contribution in [2.75, 3.05) is 37.7 Å². The minimum absolute atomic E-state index is 0.725. The average molecular weight is 240 g/mol. The maximum Gasteiger partial charge on any atom is 0.0545 e. The number of thioether (sulfide) groups is 1. The Morgan fingerprint density at radius 2 is 2.31 bits per heavy atom. The lowest BCUT2D eigenvalue weighted by Crippen LogP contribution is -2.32. The Morgan fingerprint density at radius 1 is 1.44 bits per heavy atom. The van der Waals surface area contributed by atoms with Gasteiger partial charge in [-0.15, -0.1) is 18.2 Å². The van der Waals surface area contributed by atoms with Crippen molar-refractivity contribution < 1.29 is 0 Å². The highest BCUT2D eigenvalue weighted by Crippen LogP contribution is 2.10. The summed E-state index contributed by atoms with van der Waals surface area (Å²) in [5.41, 5.74) is 0. The van der Waals surface area contributed by atoms with Crippen molar-refractivity contribution >= 4 is 11.8 Å². The van der Waals surface area contributed by atoms with Crippen molar-refractivity contribution in [1.82, 2.24) is 10.2 Å². The molecule has 1 unspecified atom stereocenters. The first-order chi connectivity index (χ1) is 7.86. The molecule has 0 aliphatic carbocycles. The average Bonchev–Trinajstić information content (AvgIpc) is 2.54. The van der Waals surface area contributed by atoms with Gasteiger partial charge >= 0.3 is 0 Å². The molecular weight excluding hydrogens is 216 g/mol. The van der Waals surface area contributed by atoms with Crippen molar-refractivity contribution in [3.8, 4) is 12.3 Å². The lowest BCUT2D eigenvalue weighted by Gasteiger charge is -2.18. The molecule has 1 heterocycles. The van der Waals surface area contributed by atoms with Gasteiger partial charge in [0.05, 0.1) is 5.75 Å². The number of hydrogen-bond acceptors (Lipinski definition) is 3. The first-order valence-corrected chi connectivity index (χ1v) is 7.49. The fraction of sp³-hybridized carbons (Fsp3) is 0.846. The molecule has 16 heavy (non-hydrogen) atoms. The van der Waals surface area contributed by atoms with Crippen LogP contribution in [0.15, 0.2) is 0 Å². The van der Waals surface area contributed by atoms with Crippen LogP contribution >= 0.6 is 11.8 Å². The molecule has 0 aromatic rings. The number of nitrogens with one attached hydrogen (secondary N) is 1. The summed E-state index contributed by atoms with van der Waals surface area (Å²) in [6, 6.07) is 0.725. The molecule has 1 N–H and O–H groups in total. The molecule has 2 nitrogen and oxygen atoms in total. The Morgan fingerprint density at radius 3 is 3.06 bits per heavy atom. The molecule has 1 rings (SSSR count). The van der Waals surface area contributed by atoms with Gasteiger partial charge < -0.3 is 10.2 Å². The van der Waals surface area contributed by atoms with E-state index in [2.05, 4.69) is 23.1 Å². The molecule has 1 aliphatic heterocycles. The second-order valence-electron chi connectivity index (χ2n) is 4.27. The van der Waals surface area contributed by atoms with E-state index in [1.807, 2.05) is 11.8 Å². The van der Waals surface area contributed by atoms with Crippen LogP contribution in [0.1, 0.15) is 26.2 Å². The fourth-order valence-electron chi connectivity index (χ4n) is 2.14. The number of nitrogens with zero attached hydrogens (tertiary/aromatic N) is 1. The minimum atomic E-state index is 0.725. The molecule has 0 aromatic heterocycles. The third-order valence-corrected chi connectivity index (χ3v) is 4.00. The number of likely N-dealkylation sites (tertiary alicyclic amines) is 1. The van der Waals surface area contributed by atoms with E-state index in [0.29, 0.717) is 0 Å². The zero-order valence-electron chi connectivity index (χ0n) is 10.4. The van der Waals surface area contributed by atoms with Crippen LogP contribution in [-0.2, 0) is 0 Å². The predicted octanol–water partition coefficient (Wildman–Crippen LogP) is 1.82. The number of hydrogen-bond donors (Lipinski definition) is 1. The van der Waals surface area contributed by atoms with Gasteiger partial charge in [-0.2, -0.15) is 0 Å². The van der Waals surface area contributed by atoms with Crippen LogP contribution in [0, 0.1) is 12.3 Å². The summed E-state index contributed by atoms with van der Waals surface area (Å²) in [5, 5.41) is 3.65. The SMILES string of the molecule is C#CCSCCNC1CCCN(CC)CC1. The summed E-state index contributed by atoms with van der Waals surface area (Å²) in [5.74, 6) is 4.64. The van der Waals surface area contributed by atoms with Crippen LogP contribution < -0.4 is 5.32 Å². The molecule has 0 radical (unpaired) electrons. The molecule has 1 fully saturated rings. The molecule has 1 aliphatic rings. The quantitative estimate of drug-likeness (QED) is 0.563. The van der Waals surface area contributed by atoms with Gasteiger partial charge in [0.2, 0.25) is 0 Å². The first-order valence-electron chi connectivity index (χ1n) is 6.33. The smallest absolute Gasteiger partial charge is 0.0545 e. The van der Waals surface area contributed by atoms with Crippen molar-refractivity contribution in [3.63, 3.8) is 0 Å². The fourth-order valence-corrected chi connectivity index (χ4v) is 2.67. The molecule has 0 amide bonds. The molecule has 0 bridgehead atoms. The Balaban J connectivity index is 2.06. The van der Waals surface area contributed by atoms with Crippen molar-refractivity contribution in [1.29, 1.82) is 0 Å². The third-order valence-electron chi connectivity index (χ3n) is 3.13. The summed E-state index contributed by atoms with van der Waals surface area (Å²) in [7, 11) is 0. The van der Waals surface area contributed by atoms with E-state index in [-0.39, 0.29) is 0 Å². The van der Waals surface area contributed by atoms with E-state index in [4.69, 9.17) is 6.42 Å². The van der Waals surface area contributed by atoms with Crippen LogP contribution in [-0.4, -0.2) is 48.6 Å². The van der Waals surface area contributed by atoms with Gasteiger partial charge in [-0.1, -0.05) is 12.8 Å². The lowest BCUT2D eigenvalue weighted by atomic mass is 10.1. The van der Waals surface area contributed by atoms with E-state index in [1.54, 1.807) is 0 Å². The zero-order valence-corrected chi connectivity index (χ0v) is 11.2. The molecule has 1 atom stereocenters. The van der Waals surface area contributed by atoms with Crippen molar-refractivity contribution in [2.45, 2.75) is 32.2 Å². The third kappa shape index (κ3) is 5.79. The Kier molecular flexibility index (Phi) is 7.75. The van der Waals surface area contributed by atoms with E-state index in [1.165, 1.54) is 38.9 Å². The summed E-state index contributed by atoms with van der Waals surface area (Å²) in [6.07, 6.45) is 9.17. The molecule has 1 saturated heterocycles. The van der Waals surface area contributed by atoms with Gasteiger partial charge in [0.15, 0.2) is 0 Å². The monoisotopic (exact) mass is 240 g/mol. The standard InChI is InChI=1S/C13H24N2S/c1-3-11-16-12-8-14-13-6-5-9-15(4-2)10-7-13/h1,13-14H,4-12H2,2H3. The summed E-state index contributed by atoms with van der Waals surface area (Å²) >= 11 is 1.84. The largest absolute Gasteiger partial charge is 0.313 e. The van der Waals surface area contributed by atoms with Crippen LogP contribution in [0.5, 0.6) is 0 Å². The molecule has 0 spiro atoms. The van der Waals surface area contributed by atoms with Gasteiger partial charge in [-0.05, 0) is 38.9 Å². The van der Waals surface area contributed by atoms with E-state index in [9.17, 15) is 0 Å². The van der Waals surface area contributed by atoms with Crippen molar-refractivity contribution in [3.05, 3.63) is 0 Å². The first kappa shape index (κ1) is 13.9. The maximum atomic E-state index is 5.21. The highest BCUT2D eigenvalue weighted by molar-refractivity contribution is 7.99. The summed E-state index contributed by atoms with van der Waals surface area (Å²) < 4.78 is 0. The maximum absolute atomic E-state index is 5.21. The van der Waals surface area contributed by atoms with E-state index in [0.717, 1.165) is 24.1 Å². The molecule has 0 saturated carbocycles. The van der Waals surface area contributed by atoms with Crippen molar-refractivity contribution in [2.24, 2.45) is 0 Å². The topological polar surface area (TPSA) is 15.3 Å². The van der Waals surface area contributed by atoms with Crippen LogP contribution in [0.4, 0.5) is 0 Å². The van der Waals surface area contributed by atoms with Gasteiger partial charge in [-0.3, -0.25) is 0 Å². The normalized spacial score (nSPS) is 22.6. The summed E-state index contributed by atoms with van der Waals surface area (Å²) in [4.78, 5) is 2.55. The zero-order chi connectivity index (χ0) is 11.6. The Bertz CT molecular complexity index is 212. The van der Waals surface area contributed by atoms with Gasteiger partial charge in [0.25, 0.3) is 0 Å². The summed E-state index contributed by atoms with van der Waals surface area (Å²) in [6.45, 7) is 7.09. The second-order valence-corrected chi connectivity index (χ2v) is 5.38.